The summed E-state index contributed by atoms with van der Waals surface area (Å²) in [4.78, 5) is 29.3. The Labute approximate surface area is 223 Å². The van der Waals surface area contributed by atoms with Crippen molar-refractivity contribution in [2.45, 2.75) is 44.3 Å². The second-order valence-electron chi connectivity index (χ2n) is 9.74. The monoisotopic (exact) mass is 535 g/mol. The highest BCUT2D eigenvalue weighted by Crippen LogP contribution is 2.36. The second kappa shape index (κ2) is 10.8. The van der Waals surface area contributed by atoms with Gasteiger partial charge in [-0.25, -0.2) is 4.57 Å². The molecule has 2 aliphatic rings. The molecule has 0 unspecified atom stereocenters. The highest BCUT2D eigenvalue weighted by molar-refractivity contribution is 5.87. The fourth-order valence-corrected chi connectivity index (χ4v) is 5.11. The topological polar surface area (TPSA) is 159 Å². The van der Waals surface area contributed by atoms with Crippen molar-refractivity contribution in [1.29, 1.82) is 0 Å². The van der Waals surface area contributed by atoms with Gasteiger partial charge in [-0.2, -0.15) is 4.98 Å². The lowest BCUT2D eigenvalue weighted by molar-refractivity contribution is -0.396. The predicted molar refractivity (Wildman–Crippen MR) is 139 cm³/mol. The van der Waals surface area contributed by atoms with Gasteiger partial charge in [0.1, 0.15) is 42.6 Å². The van der Waals surface area contributed by atoms with Gasteiger partial charge in [0.15, 0.2) is 5.69 Å². The third-order valence-corrected chi connectivity index (χ3v) is 7.33. The molecule has 14 nitrogen and oxygen atoms in total. The summed E-state index contributed by atoms with van der Waals surface area (Å²) in [5.74, 6) is 2.87. The Balaban J connectivity index is 1.24. The quantitative estimate of drug-likeness (QED) is 0.261. The molecule has 0 amide bonds. The van der Waals surface area contributed by atoms with E-state index in [1.165, 1.54) is 10.8 Å². The van der Waals surface area contributed by atoms with Crippen LogP contribution < -0.4 is 14.4 Å². The average molecular weight is 536 g/mol. The minimum Gasteiger partial charge on any atom is -0.484 e. The first-order valence-corrected chi connectivity index (χ1v) is 13.0. The number of fused-ring (bicyclic) bond motifs is 1. The number of ether oxygens (including phenoxy) is 3. The molecule has 0 spiro atoms. The number of imidazole rings is 1. The Morgan fingerprint density at radius 1 is 1.15 bits per heavy atom. The zero-order chi connectivity index (χ0) is 26.8. The van der Waals surface area contributed by atoms with Gasteiger partial charge in [0.05, 0.1) is 37.4 Å². The largest absolute Gasteiger partial charge is 0.484 e. The Bertz CT molecular complexity index is 1440. The van der Waals surface area contributed by atoms with E-state index in [0.29, 0.717) is 36.5 Å². The molecule has 1 aliphatic carbocycles. The zero-order valence-corrected chi connectivity index (χ0v) is 21.5. The van der Waals surface area contributed by atoms with Crippen molar-refractivity contribution in [3.8, 4) is 11.6 Å². The molecule has 5 heterocycles. The van der Waals surface area contributed by atoms with Gasteiger partial charge in [-0.1, -0.05) is 4.98 Å². The number of nitrogens with zero attached hydrogens (tertiary/aromatic N) is 8. The van der Waals surface area contributed by atoms with E-state index < -0.39 is 4.92 Å². The summed E-state index contributed by atoms with van der Waals surface area (Å²) < 4.78 is 19.4. The molecule has 0 atom stereocenters. The minimum atomic E-state index is -0.526. The number of nitrogens with one attached hydrogen (secondary N) is 1. The van der Waals surface area contributed by atoms with Gasteiger partial charge < -0.3 is 34.2 Å². The van der Waals surface area contributed by atoms with Crippen LogP contribution in [0.2, 0.25) is 0 Å². The van der Waals surface area contributed by atoms with E-state index >= 15 is 0 Å². The third kappa shape index (κ3) is 5.32. The Kier molecular flexibility index (Phi) is 6.92. The number of hydrogen-bond donors (Lipinski definition) is 1. The first kappa shape index (κ1) is 25.0. The van der Waals surface area contributed by atoms with Crippen LogP contribution in [-0.2, 0) is 18.4 Å². The van der Waals surface area contributed by atoms with Gasteiger partial charge in [-0.15, -0.1) is 10.2 Å². The molecule has 14 heteroatoms. The summed E-state index contributed by atoms with van der Waals surface area (Å²) in [5, 5.41) is 20.0. The van der Waals surface area contributed by atoms with Gasteiger partial charge >= 0.3 is 5.95 Å². The maximum absolute atomic E-state index is 11.1. The highest BCUT2D eigenvalue weighted by Gasteiger charge is 2.27. The summed E-state index contributed by atoms with van der Waals surface area (Å²) >= 11 is 0. The lowest BCUT2D eigenvalue weighted by Gasteiger charge is -2.30. The van der Waals surface area contributed by atoms with Crippen LogP contribution in [0.25, 0.3) is 10.9 Å². The molecule has 204 valence electrons. The fraction of sp³-hybridized carbons (Fsp3) is 0.480. The van der Waals surface area contributed by atoms with Crippen LogP contribution in [0.15, 0.2) is 30.9 Å². The first-order chi connectivity index (χ1) is 19.0. The van der Waals surface area contributed by atoms with Crippen LogP contribution in [0, 0.1) is 10.1 Å². The van der Waals surface area contributed by atoms with Crippen molar-refractivity contribution in [3.05, 3.63) is 52.5 Å². The second-order valence-corrected chi connectivity index (χ2v) is 9.74. The SMILES string of the molecule is Cn1c(COc2cnc3cc(N4CCOCC4)nc(O[C@H]4CC[C@@H](c5nnc[nH]5)CC4)c3c2)cnc1[N+](=O)[O-]. The van der Waals surface area contributed by atoms with Crippen LogP contribution in [0.4, 0.5) is 11.8 Å². The minimum absolute atomic E-state index is 0.0133. The van der Waals surface area contributed by atoms with Crippen molar-refractivity contribution in [2.24, 2.45) is 7.05 Å². The van der Waals surface area contributed by atoms with Crippen LogP contribution in [0.1, 0.15) is 43.1 Å². The average Bonchev–Trinajstić information content (AvgIpc) is 3.63. The van der Waals surface area contributed by atoms with Crippen LogP contribution >= 0.6 is 0 Å². The van der Waals surface area contributed by atoms with Crippen molar-refractivity contribution in [2.75, 3.05) is 31.2 Å². The standard InChI is InChI=1S/C25H29N9O5/c1-32-17(12-27-25(32)34(35)36)14-38-19-10-20-21(26-13-19)11-22(33-6-8-37-9-7-33)30-24(20)39-18-4-2-16(3-5-18)23-28-15-29-31-23/h10-13,15-16,18H,2-9,14H2,1H3,(H,28,29,31)/t16-,18+. The molecule has 6 rings (SSSR count). The predicted octanol–water partition coefficient (Wildman–Crippen LogP) is 2.91. The third-order valence-electron chi connectivity index (χ3n) is 7.33. The smallest absolute Gasteiger partial charge is 0.434 e. The Morgan fingerprint density at radius 3 is 2.69 bits per heavy atom. The van der Waals surface area contributed by atoms with Crippen LogP contribution in [-0.4, -0.2) is 72.0 Å². The number of pyridine rings is 2. The van der Waals surface area contributed by atoms with E-state index in [1.54, 1.807) is 19.6 Å². The maximum atomic E-state index is 11.1. The summed E-state index contributed by atoms with van der Waals surface area (Å²) in [5.41, 5.74) is 1.32. The summed E-state index contributed by atoms with van der Waals surface area (Å²) in [7, 11) is 1.59. The molecule has 0 radical (unpaired) electrons. The van der Waals surface area contributed by atoms with Crippen LogP contribution in [0.3, 0.4) is 0 Å². The van der Waals surface area contributed by atoms with Gasteiger partial charge in [-0.3, -0.25) is 4.98 Å². The summed E-state index contributed by atoms with van der Waals surface area (Å²) in [6.07, 6.45) is 8.36. The molecule has 4 aromatic heterocycles. The number of aromatic nitrogens is 7. The molecular weight excluding hydrogens is 506 g/mol. The van der Waals surface area contributed by atoms with E-state index in [1.807, 2.05) is 12.1 Å². The highest BCUT2D eigenvalue weighted by atomic mass is 16.6. The Hall–Kier alpha value is -4.33. The van der Waals surface area contributed by atoms with E-state index in [0.717, 1.165) is 61.3 Å². The van der Waals surface area contributed by atoms with Gasteiger partial charge in [0.25, 0.3) is 0 Å². The number of rotatable bonds is 8. The zero-order valence-electron chi connectivity index (χ0n) is 21.5. The van der Waals surface area contributed by atoms with Gasteiger partial charge in [0.2, 0.25) is 5.88 Å². The molecule has 1 saturated heterocycles. The van der Waals surface area contributed by atoms with Gasteiger partial charge in [-0.05, 0) is 36.7 Å². The van der Waals surface area contributed by atoms with Crippen molar-refractivity contribution in [1.82, 2.24) is 34.7 Å². The number of anilines is 1. The molecule has 2 fully saturated rings. The fourth-order valence-electron chi connectivity index (χ4n) is 5.11. The number of morpholine rings is 1. The Morgan fingerprint density at radius 2 is 1.97 bits per heavy atom. The number of hydrogen-bond acceptors (Lipinski definition) is 11. The molecule has 0 aromatic carbocycles. The van der Waals surface area contributed by atoms with Crippen molar-refractivity contribution >= 4 is 22.7 Å². The normalized spacial score (nSPS) is 19.8. The van der Waals surface area contributed by atoms with E-state index in [2.05, 4.69) is 30.0 Å². The molecule has 1 aliphatic heterocycles. The molecule has 4 aromatic rings. The molecule has 0 bridgehead atoms. The molecule has 39 heavy (non-hydrogen) atoms. The van der Waals surface area contributed by atoms with Crippen molar-refractivity contribution < 1.29 is 19.1 Å². The van der Waals surface area contributed by atoms with Gasteiger partial charge in [0, 0.05) is 25.1 Å². The van der Waals surface area contributed by atoms with Crippen molar-refractivity contribution in [3.63, 3.8) is 0 Å². The number of aromatic amines is 1. The van der Waals surface area contributed by atoms with E-state index in [-0.39, 0.29) is 18.7 Å². The summed E-state index contributed by atoms with van der Waals surface area (Å²) in [6.45, 7) is 2.89. The maximum Gasteiger partial charge on any atom is 0.434 e. The number of nitro groups is 1. The molecule has 1 N–H and O–H groups in total. The molecular formula is C25H29N9O5. The lowest BCUT2D eigenvalue weighted by Crippen LogP contribution is -2.36. The van der Waals surface area contributed by atoms with E-state index in [4.69, 9.17) is 19.2 Å². The summed E-state index contributed by atoms with van der Waals surface area (Å²) in [6, 6.07) is 3.82. The lowest BCUT2D eigenvalue weighted by atomic mass is 9.87. The molecule has 1 saturated carbocycles. The first-order valence-electron chi connectivity index (χ1n) is 13.0. The van der Waals surface area contributed by atoms with Crippen LogP contribution in [0.5, 0.6) is 11.6 Å². The van der Waals surface area contributed by atoms with E-state index in [9.17, 15) is 10.1 Å². The number of H-pyrrole nitrogens is 1.